The van der Waals surface area contributed by atoms with Gasteiger partial charge in [0.25, 0.3) is 5.91 Å². The Labute approximate surface area is 118 Å². The molecule has 0 aliphatic rings. The molecule has 0 spiro atoms. The van der Waals surface area contributed by atoms with E-state index < -0.39 is 29.6 Å². The van der Waals surface area contributed by atoms with Crippen LogP contribution in [0, 0.1) is 11.6 Å². The van der Waals surface area contributed by atoms with E-state index in [1.54, 1.807) is 6.07 Å². The van der Waals surface area contributed by atoms with Crippen LogP contribution in [0.3, 0.4) is 0 Å². The van der Waals surface area contributed by atoms with Crippen LogP contribution in [0.1, 0.15) is 17.4 Å². The third kappa shape index (κ3) is 3.65. The van der Waals surface area contributed by atoms with E-state index in [1.807, 2.05) is 0 Å². The summed E-state index contributed by atoms with van der Waals surface area (Å²) in [5, 5.41) is 2.16. The van der Waals surface area contributed by atoms with Gasteiger partial charge >= 0.3 is 5.97 Å². The van der Waals surface area contributed by atoms with Gasteiger partial charge in [-0.1, -0.05) is 0 Å². The molecule has 1 atom stereocenters. The van der Waals surface area contributed by atoms with Gasteiger partial charge in [-0.25, -0.2) is 13.6 Å². The maximum absolute atomic E-state index is 13.4. The van der Waals surface area contributed by atoms with Crippen LogP contribution < -0.4 is 5.32 Å². The predicted molar refractivity (Wildman–Crippen MR) is 70.7 cm³/mol. The number of carbonyl (C=O) groups excluding carboxylic acids is 2. The maximum atomic E-state index is 13.4. The molecule has 2 rings (SSSR count). The van der Waals surface area contributed by atoms with Crippen LogP contribution >= 0.6 is 0 Å². The van der Waals surface area contributed by atoms with Gasteiger partial charge in [0.2, 0.25) is 0 Å². The monoisotopic (exact) mass is 294 g/mol. The number of anilines is 1. The molecule has 110 valence electrons. The van der Waals surface area contributed by atoms with Crippen LogP contribution in [-0.2, 0) is 9.53 Å². The number of aromatic nitrogens is 1. The van der Waals surface area contributed by atoms with Crippen molar-refractivity contribution < 1.29 is 23.1 Å². The number of benzene rings is 1. The van der Waals surface area contributed by atoms with Crippen molar-refractivity contribution in [3.63, 3.8) is 0 Å². The first-order valence-corrected chi connectivity index (χ1v) is 6.07. The molecule has 5 nitrogen and oxygen atoms in total. The summed E-state index contributed by atoms with van der Waals surface area (Å²) in [6, 6.07) is 5.75. The SMILES string of the molecule is CC(OC(=O)c1ccc[nH]1)C(=O)Nc1cc(F)ccc1F. The minimum atomic E-state index is -1.16. The molecule has 0 saturated carbocycles. The molecule has 1 unspecified atom stereocenters. The van der Waals surface area contributed by atoms with E-state index >= 15 is 0 Å². The Balaban J connectivity index is 1.99. The Morgan fingerprint density at radius 3 is 2.71 bits per heavy atom. The quantitative estimate of drug-likeness (QED) is 0.851. The van der Waals surface area contributed by atoms with Crippen LogP contribution in [0.4, 0.5) is 14.5 Å². The zero-order valence-electron chi connectivity index (χ0n) is 11.0. The third-order valence-corrected chi connectivity index (χ3v) is 2.66. The number of nitrogens with one attached hydrogen (secondary N) is 2. The van der Waals surface area contributed by atoms with E-state index in [-0.39, 0.29) is 11.4 Å². The second-order valence-electron chi connectivity index (χ2n) is 4.24. The molecular weight excluding hydrogens is 282 g/mol. The van der Waals surface area contributed by atoms with Crippen LogP contribution in [0.5, 0.6) is 0 Å². The lowest BCUT2D eigenvalue weighted by molar-refractivity contribution is -0.123. The van der Waals surface area contributed by atoms with Crippen molar-refractivity contribution in [1.82, 2.24) is 4.98 Å². The maximum Gasteiger partial charge on any atom is 0.355 e. The van der Waals surface area contributed by atoms with E-state index in [0.29, 0.717) is 0 Å². The highest BCUT2D eigenvalue weighted by Crippen LogP contribution is 2.16. The highest BCUT2D eigenvalue weighted by Gasteiger charge is 2.20. The Morgan fingerprint density at radius 1 is 1.29 bits per heavy atom. The number of halogens is 2. The Morgan fingerprint density at radius 2 is 2.05 bits per heavy atom. The molecule has 0 fully saturated rings. The van der Waals surface area contributed by atoms with Gasteiger partial charge in [-0.05, 0) is 31.2 Å². The number of esters is 1. The summed E-state index contributed by atoms with van der Waals surface area (Å²) in [5.41, 5.74) is -0.130. The first kappa shape index (κ1) is 14.7. The molecule has 0 bridgehead atoms. The lowest BCUT2D eigenvalue weighted by Crippen LogP contribution is -2.30. The Bertz CT molecular complexity index is 656. The van der Waals surface area contributed by atoms with Crippen LogP contribution in [0.2, 0.25) is 0 Å². The number of hydrogen-bond acceptors (Lipinski definition) is 3. The van der Waals surface area contributed by atoms with Gasteiger partial charge < -0.3 is 15.0 Å². The van der Waals surface area contributed by atoms with E-state index in [2.05, 4.69) is 10.3 Å². The number of ether oxygens (including phenoxy) is 1. The van der Waals surface area contributed by atoms with E-state index in [1.165, 1.54) is 19.2 Å². The van der Waals surface area contributed by atoms with E-state index in [0.717, 1.165) is 18.2 Å². The minimum absolute atomic E-state index is 0.187. The Kier molecular flexibility index (Phi) is 4.32. The van der Waals surface area contributed by atoms with Crippen molar-refractivity contribution in [1.29, 1.82) is 0 Å². The second kappa shape index (κ2) is 6.17. The van der Waals surface area contributed by atoms with E-state index in [4.69, 9.17) is 4.74 Å². The lowest BCUT2D eigenvalue weighted by Gasteiger charge is -2.13. The van der Waals surface area contributed by atoms with Crippen LogP contribution in [0.15, 0.2) is 36.5 Å². The predicted octanol–water partition coefficient (Wildman–Crippen LogP) is 2.48. The molecule has 0 aliphatic heterocycles. The Hall–Kier alpha value is -2.70. The summed E-state index contributed by atoms with van der Waals surface area (Å²) in [5.74, 6) is -2.96. The van der Waals surface area contributed by atoms with Crippen LogP contribution in [-0.4, -0.2) is 23.0 Å². The zero-order valence-corrected chi connectivity index (χ0v) is 11.0. The van der Waals surface area contributed by atoms with Gasteiger partial charge in [0.1, 0.15) is 17.3 Å². The molecular formula is C14H12F2N2O3. The highest BCUT2D eigenvalue weighted by atomic mass is 19.1. The van der Waals surface area contributed by atoms with Crippen molar-refractivity contribution >= 4 is 17.6 Å². The largest absolute Gasteiger partial charge is 0.448 e. The third-order valence-electron chi connectivity index (χ3n) is 2.66. The summed E-state index contributed by atoms with van der Waals surface area (Å²) in [6.45, 7) is 1.33. The van der Waals surface area contributed by atoms with Gasteiger partial charge in [-0.15, -0.1) is 0 Å². The fraction of sp³-hybridized carbons (Fsp3) is 0.143. The van der Waals surface area contributed by atoms with Crippen molar-refractivity contribution in [3.8, 4) is 0 Å². The molecule has 1 amide bonds. The summed E-state index contributed by atoms with van der Waals surface area (Å²) in [6.07, 6.45) is 0.368. The van der Waals surface area contributed by atoms with Crippen molar-refractivity contribution in [2.75, 3.05) is 5.32 Å². The van der Waals surface area contributed by atoms with Gasteiger partial charge in [-0.3, -0.25) is 4.79 Å². The topological polar surface area (TPSA) is 71.2 Å². The second-order valence-corrected chi connectivity index (χ2v) is 4.24. The van der Waals surface area contributed by atoms with Gasteiger partial charge in [-0.2, -0.15) is 0 Å². The number of rotatable bonds is 4. The minimum Gasteiger partial charge on any atom is -0.448 e. The van der Waals surface area contributed by atoms with Crippen LogP contribution in [0.25, 0.3) is 0 Å². The van der Waals surface area contributed by atoms with Gasteiger partial charge in [0.15, 0.2) is 6.10 Å². The fourth-order valence-corrected chi connectivity index (χ4v) is 1.56. The first-order chi connectivity index (χ1) is 9.97. The van der Waals surface area contributed by atoms with Gasteiger partial charge in [0.05, 0.1) is 5.69 Å². The lowest BCUT2D eigenvalue weighted by atomic mass is 10.2. The summed E-state index contributed by atoms with van der Waals surface area (Å²) in [4.78, 5) is 26.1. The molecule has 0 radical (unpaired) electrons. The first-order valence-electron chi connectivity index (χ1n) is 6.07. The number of H-pyrrole nitrogens is 1. The molecule has 1 heterocycles. The standard InChI is InChI=1S/C14H12F2N2O3/c1-8(21-14(20)11-3-2-6-17-11)13(19)18-12-7-9(15)4-5-10(12)16/h2-8,17H,1H3,(H,18,19). The number of amides is 1. The molecule has 0 aliphatic carbocycles. The highest BCUT2D eigenvalue weighted by molar-refractivity contribution is 5.96. The summed E-state index contributed by atoms with van der Waals surface area (Å²) in [7, 11) is 0. The van der Waals surface area contributed by atoms with Crippen molar-refractivity contribution in [3.05, 3.63) is 53.9 Å². The molecule has 21 heavy (non-hydrogen) atoms. The normalized spacial score (nSPS) is 11.8. The number of aromatic amines is 1. The molecule has 2 N–H and O–H groups in total. The average molecular weight is 294 g/mol. The molecule has 0 saturated heterocycles. The molecule has 7 heteroatoms. The molecule has 1 aromatic heterocycles. The average Bonchev–Trinajstić information content (AvgIpc) is 2.97. The summed E-state index contributed by atoms with van der Waals surface area (Å²) < 4.78 is 31.3. The van der Waals surface area contributed by atoms with E-state index in [9.17, 15) is 18.4 Å². The number of carbonyl (C=O) groups is 2. The van der Waals surface area contributed by atoms with Crippen molar-refractivity contribution in [2.24, 2.45) is 0 Å². The molecule has 2 aromatic rings. The fourth-order valence-electron chi connectivity index (χ4n) is 1.56. The molecule has 1 aromatic carbocycles. The summed E-state index contributed by atoms with van der Waals surface area (Å²) >= 11 is 0. The smallest absolute Gasteiger partial charge is 0.355 e. The zero-order chi connectivity index (χ0) is 15.4. The van der Waals surface area contributed by atoms with Crippen molar-refractivity contribution in [2.45, 2.75) is 13.0 Å². The number of hydrogen-bond donors (Lipinski definition) is 2. The van der Waals surface area contributed by atoms with Gasteiger partial charge in [0, 0.05) is 12.3 Å².